The topological polar surface area (TPSA) is 59.1 Å². The molecule has 0 aliphatic carbocycles. The van der Waals surface area contributed by atoms with Crippen molar-refractivity contribution in [2.75, 3.05) is 51.3 Å². The number of hydrogen-bond donors (Lipinski definition) is 0. The highest BCUT2D eigenvalue weighted by Crippen LogP contribution is 2.29. The summed E-state index contributed by atoms with van der Waals surface area (Å²) in [6, 6.07) is 14.8. The zero-order valence-corrected chi connectivity index (χ0v) is 19.1. The molecule has 1 aliphatic heterocycles. The molecule has 1 saturated heterocycles. The van der Waals surface area contributed by atoms with Crippen LogP contribution in [0.25, 0.3) is 0 Å². The standard InChI is InChI=1S/C23H32N2O4S/c1-19-9-11-20(12-10-19)30(26,27)29-18-23(2,3)17-24-13-15-25(16-14-24)21-7-5-6-8-22(21)28-4/h5-12H,13-18H2,1-4H3. The lowest BCUT2D eigenvalue weighted by atomic mass is 9.94. The molecule has 6 nitrogen and oxygen atoms in total. The zero-order chi connectivity index (χ0) is 21.8. The van der Waals surface area contributed by atoms with Crippen LogP contribution in [0, 0.1) is 12.3 Å². The Bertz CT molecular complexity index is 934. The Labute approximate surface area is 180 Å². The van der Waals surface area contributed by atoms with Crippen LogP contribution in [0.15, 0.2) is 53.4 Å². The van der Waals surface area contributed by atoms with Gasteiger partial charge in [0.25, 0.3) is 10.1 Å². The first kappa shape index (κ1) is 22.6. The molecule has 0 amide bonds. The van der Waals surface area contributed by atoms with E-state index in [2.05, 4.69) is 15.9 Å². The molecule has 2 aromatic carbocycles. The Morgan fingerprint density at radius 1 is 0.967 bits per heavy atom. The van der Waals surface area contributed by atoms with E-state index in [1.807, 2.05) is 39.0 Å². The number of methoxy groups -OCH3 is 1. The molecule has 1 aliphatic rings. The molecule has 2 aromatic rings. The van der Waals surface area contributed by atoms with Crippen LogP contribution in [0.3, 0.4) is 0 Å². The van der Waals surface area contributed by atoms with E-state index in [0.29, 0.717) is 0 Å². The lowest BCUT2D eigenvalue weighted by Gasteiger charge is -2.39. The van der Waals surface area contributed by atoms with Crippen molar-refractivity contribution in [3.8, 4) is 5.75 Å². The molecule has 164 valence electrons. The van der Waals surface area contributed by atoms with Crippen LogP contribution in [0.4, 0.5) is 5.69 Å². The summed E-state index contributed by atoms with van der Waals surface area (Å²) in [7, 11) is -2.05. The van der Waals surface area contributed by atoms with E-state index in [9.17, 15) is 8.42 Å². The average molecular weight is 433 g/mol. The maximum Gasteiger partial charge on any atom is 0.296 e. The van der Waals surface area contributed by atoms with Gasteiger partial charge in [0.05, 0.1) is 24.3 Å². The van der Waals surface area contributed by atoms with Gasteiger partial charge in [-0.2, -0.15) is 8.42 Å². The van der Waals surface area contributed by atoms with Gasteiger partial charge in [-0.25, -0.2) is 0 Å². The summed E-state index contributed by atoms with van der Waals surface area (Å²) in [6.07, 6.45) is 0. The Morgan fingerprint density at radius 2 is 1.60 bits per heavy atom. The van der Waals surface area contributed by atoms with Crippen LogP contribution in [0.1, 0.15) is 19.4 Å². The molecule has 0 atom stereocenters. The number of nitrogens with zero attached hydrogens (tertiary/aromatic N) is 2. The van der Waals surface area contributed by atoms with Gasteiger partial charge in [0, 0.05) is 38.1 Å². The minimum Gasteiger partial charge on any atom is -0.495 e. The van der Waals surface area contributed by atoms with Gasteiger partial charge in [0.2, 0.25) is 0 Å². The summed E-state index contributed by atoms with van der Waals surface area (Å²) in [6.45, 7) is 10.6. The molecule has 30 heavy (non-hydrogen) atoms. The van der Waals surface area contributed by atoms with E-state index in [-0.39, 0.29) is 16.9 Å². The summed E-state index contributed by atoms with van der Waals surface area (Å²) >= 11 is 0. The van der Waals surface area contributed by atoms with Crippen LogP contribution in [-0.4, -0.2) is 59.8 Å². The van der Waals surface area contributed by atoms with Crippen molar-refractivity contribution in [1.82, 2.24) is 4.90 Å². The lowest BCUT2D eigenvalue weighted by Crippen LogP contribution is -2.49. The van der Waals surface area contributed by atoms with Crippen LogP contribution in [-0.2, 0) is 14.3 Å². The van der Waals surface area contributed by atoms with Crippen molar-refractivity contribution < 1.29 is 17.3 Å². The molecular formula is C23H32N2O4S. The molecule has 7 heteroatoms. The maximum absolute atomic E-state index is 12.5. The third kappa shape index (κ3) is 5.74. The van der Waals surface area contributed by atoms with Crippen molar-refractivity contribution in [1.29, 1.82) is 0 Å². The van der Waals surface area contributed by atoms with Crippen molar-refractivity contribution >= 4 is 15.8 Å². The molecule has 0 aromatic heterocycles. The number of piperazine rings is 1. The zero-order valence-electron chi connectivity index (χ0n) is 18.3. The molecular weight excluding hydrogens is 400 g/mol. The van der Waals surface area contributed by atoms with Gasteiger partial charge in [-0.15, -0.1) is 0 Å². The second-order valence-electron chi connectivity index (χ2n) is 8.63. The van der Waals surface area contributed by atoms with Crippen LogP contribution in [0.2, 0.25) is 0 Å². The number of aryl methyl sites for hydroxylation is 1. The molecule has 0 bridgehead atoms. The van der Waals surface area contributed by atoms with E-state index in [1.165, 1.54) is 0 Å². The van der Waals surface area contributed by atoms with Crippen molar-refractivity contribution in [3.05, 3.63) is 54.1 Å². The number of anilines is 1. The fourth-order valence-electron chi connectivity index (χ4n) is 3.70. The highest BCUT2D eigenvalue weighted by atomic mass is 32.2. The van der Waals surface area contributed by atoms with E-state index >= 15 is 0 Å². The first-order valence-electron chi connectivity index (χ1n) is 10.3. The molecule has 1 fully saturated rings. The van der Waals surface area contributed by atoms with Crippen LogP contribution < -0.4 is 9.64 Å². The Kier molecular flexibility index (Phi) is 7.06. The number of para-hydroxylation sites is 2. The monoisotopic (exact) mass is 432 g/mol. The van der Waals surface area contributed by atoms with Gasteiger partial charge < -0.3 is 9.64 Å². The maximum atomic E-state index is 12.5. The van der Waals surface area contributed by atoms with E-state index in [1.54, 1.807) is 31.4 Å². The largest absolute Gasteiger partial charge is 0.495 e. The van der Waals surface area contributed by atoms with Crippen molar-refractivity contribution in [3.63, 3.8) is 0 Å². The fourth-order valence-corrected chi connectivity index (χ4v) is 4.78. The Hall–Kier alpha value is -2.09. The number of hydrogen-bond acceptors (Lipinski definition) is 6. The third-order valence-electron chi connectivity index (χ3n) is 5.36. The van der Waals surface area contributed by atoms with Crippen molar-refractivity contribution in [2.24, 2.45) is 5.41 Å². The number of rotatable bonds is 8. The number of benzene rings is 2. The van der Waals surface area contributed by atoms with E-state index in [4.69, 9.17) is 8.92 Å². The van der Waals surface area contributed by atoms with Crippen LogP contribution >= 0.6 is 0 Å². The van der Waals surface area contributed by atoms with E-state index < -0.39 is 10.1 Å². The van der Waals surface area contributed by atoms with Gasteiger partial charge in [0.1, 0.15) is 5.75 Å². The van der Waals surface area contributed by atoms with Gasteiger partial charge in [-0.1, -0.05) is 43.7 Å². The quantitative estimate of drug-likeness (QED) is 0.595. The summed E-state index contributed by atoms with van der Waals surface area (Å²) in [5.74, 6) is 0.890. The number of ether oxygens (including phenoxy) is 1. The first-order valence-corrected chi connectivity index (χ1v) is 11.7. The first-order chi connectivity index (χ1) is 14.2. The predicted octanol–water partition coefficient (Wildman–Crippen LogP) is 3.56. The predicted molar refractivity (Wildman–Crippen MR) is 120 cm³/mol. The summed E-state index contributed by atoms with van der Waals surface area (Å²) < 4.78 is 35.9. The minimum atomic E-state index is -3.74. The molecule has 0 spiro atoms. The van der Waals surface area contributed by atoms with Gasteiger partial charge >= 0.3 is 0 Å². The van der Waals surface area contributed by atoms with Gasteiger partial charge in [0.15, 0.2) is 0 Å². The molecule has 0 unspecified atom stereocenters. The third-order valence-corrected chi connectivity index (χ3v) is 6.64. The van der Waals surface area contributed by atoms with Gasteiger partial charge in [-0.3, -0.25) is 9.08 Å². The van der Waals surface area contributed by atoms with Gasteiger partial charge in [-0.05, 0) is 31.2 Å². The second kappa shape index (κ2) is 9.37. The minimum absolute atomic E-state index is 0.149. The Balaban J connectivity index is 1.53. The van der Waals surface area contributed by atoms with Crippen molar-refractivity contribution in [2.45, 2.75) is 25.7 Å². The van der Waals surface area contributed by atoms with Crippen LogP contribution in [0.5, 0.6) is 5.75 Å². The Morgan fingerprint density at radius 3 is 2.23 bits per heavy atom. The fraction of sp³-hybridized carbons (Fsp3) is 0.478. The molecule has 1 heterocycles. The SMILES string of the molecule is COc1ccccc1N1CCN(CC(C)(C)COS(=O)(=O)c2ccc(C)cc2)CC1. The molecule has 0 N–H and O–H groups in total. The summed E-state index contributed by atoms with van der Waals surface area (Å²) in [5, 5.41) is 0. The summed E-state index contributed by atoms with van der Waals surface area (Å²) in [5.41, 5.74) is 1.85. The average Bonchev–Trinajstić information content (AvgIpc) is 2.73. The lowest BCUT2D eigenvalue weighted by molar-refractivity contribution is 0.114. The summed E-state index contributed by atoms with van der Waals surface area (Å²) in [4.78, 5) is 4.91. The molecule has 3 rings (SSSR count). The normalized spacial score (nSPS) is 15.9. The van der Waals surface area contributed by atoms with E-state index in [0.717, 1.165) is 49.7 Å². The molecule has 0 radical (unpaired) electrons. The highest BCUT2D eigenvalue weighted by molar-refractivity contribution is 7.86. The highest BCUT2D eigenvalue weighted by Gasteiger charge is 2.28. The second-order valence-corrected chi connectivity index (χ2v) is 10.2. The molecule has 0 saturated carbocycles. The smallest absolute Gasteiger partial charge is 0.296 e.